The molecule has 2 unspecified atom stereocenters. The van der Waals surface area contributed by atoms with Crippen molar-refractivity contribution >= 4 is 61.4 Å². The number of imide groups is 1. The molecule has 1 fully saturated rings. The van der Waals surface area contributed by atoms with Crippen LogP contribution in [0.1, 0.15) is 43.0 Å². The van der Waals surface area contributed by atoms with E-state index in [0.717, 1.165) is 27.2 Å². The normalized spacial score (nSPS) is 23.4. The number of rotatable bonds is 8. The Kier molecular flexibility index (Phi) is 7.64. The number of esters is 2. The van der Waals surface area contributed by atoms with Crippen molar-refractivity contribution in [2.45, 2.75) is 8.65 Å². The highest BCUT2D eigenvalue weighted by atomic mass is 79.9. The molecule has 4 aromatic carbocycles. The van der Waals surface area contributed by atoms with E-state index in [1.54, 1.807) is 24.3 Å². The molecule has 0 spiro atoms. The first-order valence-corrected chi connectivity index (χ1v) is 16.3. The first-order chi connectivity index (χ1) is 22.6. The summed E-state index contributed by atoms with van der Waals surface area (Å²) in [7, 11) is 1.49. The summed E-state index contributed by atoms with van der Waals surface area (Å²) in [5.41, 5.74) is 4.05. The van der Waals surface area contributed by atoms with Crippen LogP contribution in [0.15, 0.2) is 97.1 Å². The Morgan fingerprint density at radius 3 is 1.74 bits per heavy atom. The van der Waals surface area contributed by atoms with Gasteiger partial charge in [0.25, 0.3) is 0 Å². The van der Waals surface area contributed by atoms with Gasteiger partial charge in [0.1, 0.15) is 18.0 Å². The Morgan fingerprint density at radius 1 is 0.702 bits per heavy atom. The Labute approximate surface area is 286 Å². The second-order valence-corrected chi connectivity index (χ2v) is 14.0. The van der Waals surface area contributed by atoms with Crippen LogP contribution in [0.3, 0.4) is 0 Å². The molecule has 1 heterocycles. The molecular weight excluding hydrogens is 734 g/mol. The van der Waals surface area contributed by atoms with Crippen LogP contribution in [0.2, 0.25) is 0 Å². The number of carbonyl (C=O) groups excluding carboxylic acids is 5. The lowest BCUT2D eigenvalue weighted by Crippen LogP contribution is -2.56. The number of Topliss-reactive ketones (excluding diaryl/α,β-unsaturated/α-hetero) is 1. The number of methoxy groups -OCH3 is 1. The number of likely N-dealkylation sites (tertiary alicyclic amines) is 1. The number of ketones is 1. The maximum atomic E-state index is 14.0. The van der Waals surface area contributed by atoms with Crippen LogP contribution in [-0.2, 0) is 27.8 Å². The highest BCUT2D eigenvalue weighted by Crippen LogP contribution is 2.70. The third-order valence-corrected chi connectivity index (χ3v) is 11.7. The molecule has 1 saturated heterocycles. The van der Waals surface area contributed by atoms with Crippen molar-refractivity contribution in [3.63, 3.8) is 0 Å². The molecule has 0 N–H and O–H groups in total. The molecule has 236 valence electrons. The SMILES string of the molecule is COc1cccc(C(=O)Oc2ccc(C(=O)COC(=O)CN3C(=O)C4C(C3=O)C3(Br)c5ccccc5C4(Br)c4ccccc43)cc2)c1. The van der Waals surface area contributed by atoms with E-state index in [2.05, 4.69) is 31.9 Å². The Bertz CT molecular complexity index is 1870. The number of amides is 2. The summed E-state index contributed by atoms with van der Waals surface area (Å²) in [6.07, 6.45) is 0. The molecule has 0 saturated carbocycles. The van der Waals surface area contributed by atoms with E-state index in [1.165, 1.54) is 31.4 Å². The highest BCUT2D eigenvalue weighted by Gasteiger charge is 2.72. The number of hydrogen-bond acceptors (Lipinski definition) is 8. The van der Waals surface area contributed by atoms with E-state index < -0.39 is 63.2 Å². The number of carbonyl (C=O) groups is 5. The molecule has 0 aromatic heterocycles. The number of halogens is 2. The summed E-state index contributed by atoms with van der Waals surface area (Å²) in [6.45, 7) is -1.23. The van der Waals surface area contributed by atoms with Gasteiger partial charge in [-0.25, -0.2) is 4.79 Å². The van der Waals surface area contributed by atoms with Gasteiger partial charge >= 0.3 is 11.9 Å². The quantitative estimate of drug-likeness (QED) is 0.0756. The number of alkyl halides is 2. The fourth-order valence-corrected chi connectivity index (χ4v) is 9.21. The van der Waals surface area contributed by atoms with Crippen LogP contribution in [-0.4, -0.2) is 54.7 Å². The molecule has 3 aliphatic carbocycles. The molecule has 4 aliphatic rings. The van der Waals surface area contributed by atoms with Crippen LogP contribution < -0.4 is 9.47 Å². The topological polar surface area (TPSA) is 116 Å². The maximum absolute atomic E-state index is 14.0. The fourth-order valence-electron chi connectivity index (χ4n) is 6.91. The molecule has 9 nitrogen and oxygen atoms in total. The van der Waals surface area contributed by atoms with E-state index in [-0.39, 0.29) is 11.3 Å². The van der Waals surface area contributed by atoms with E-state index in [0.29, 0.717) is 11.3 Å². The smallest absolute Gasteiger partial charge is 0.343 e. The molecule has 1 aliphatic heterocycles. The zero-order chi connectivity index (χ0) is 33.1. The van der Waals surface area contributed by atoms with Gasteiger partial charge in [0.15, 0.2) is 12.4 Å². The van der Waals surface area contributed by atoms with E-state index in [4.69, 9.17) is 14.2 Å². The maximum Gasteiger partial charge on any atom is 0.343 e. The molecule has 2 atom stereocenters. The number of ether oxygens (including phenoxy) is 3. The third kappa shape index (κ3) is 4.74. The van der Waals surface area contributed by atoms with Gasteiger partial charge in [-0.2, -0.15) is 0 Å². The van der Waals surface area contributed by atoms with E-state index >= 15 is 0 Å². The average Bonchev–Trinajstić information content (AvgIpc) is 3.36. The summed E-state index contributed by atoms with van der Waals surface area (Å²) >= 11 is 7.84. The predicted molar refractivity (Wildman–Crippen MR) is 176 cm³/mol. The number of nitrogens with zero attached hydrogens (tertiary/aromatic N) is 1. The van der Waals surface area contributed by atoms with E-state index in [1.807, 2.05) is 48.5 Å². The van der Waals surface area contributed by atoms with Crippen molar-refractivity contribution in [3.05, 3.63) is 130 Å². The number of benzene rings is 4. The molecule has 47 heavy (non-hydrogen) atoms. The number of hydrogen-bond donors (Lipinski definition) is 0. The van der Waals surface area contributed by atoms with Crippen molar-refractivity contribution in [3.8, 4) is 11.5 Å². The Balaban J connectivity index is 1.02. The predicted octanol–water partition coefficient (Wildman–Crippen LogP) is 5.55. The Hall–Kier alpha value is -4.61. The zero-order valence-corrected chi connectivity index (χ0v) is 27.9. The standard InChI is InChI=1S/C36H25Br2NO8/c1-45-23-8-6-7-21(17-23)34(44)47-22-15-13-20(14-16-22)28(40)19-46-29(41)18-39-32(42)30-31(33(39)43)36(38)25-10-3-2-9-24(25)35(30,37)26-11-4-5-12-27(26)36/h2-17,30-31H,18-19H2,1H3. The van der Waals surface area contributed by atoms with Gasteiger partial charge in [-0.05, 0) is 64.7 Å². The summed E-state index contributed by atoms with van der Waals surface area (Å²) in [5.74, 6) is -3.90. The highest BCUT2D eigenvalue weighted by molar-refractivity contribution is 9.10. The molecule has 4 aromatic rings. The van der Waals surface area contributed by atoms with Crippen LogP contribution in [0.5, 0.6) is 11.5 Å². The molecule has 0 radical (unpaired) electrons. The lowest BCUT2D eigenvalue weighted by atomic mass is 9.54. The largest absolute Gasteiger partial charge is 0.497 e. The second kappa shape index (κ2) is 11.6. The summed E-state index contributed by atoms with van der Waals surface area (Å²) in [6, 6.07) is 27.7. The van der Waals surface area contributed by atoms with Crippen LogP contribution in [0, 0.1) is 11.8 Å². The van der Waals surface area contributed by atoms with Crippen molar-refractivity contribution < 1.29 is 38.2 Å². The second-order valence-electron chi connectivity index (χ2n) is 11.5. The van der Waals surface area contributed by atoms with Crippen molar-refractivity contribution in [2.75, 3.05) is 20.3 Å². The minimum atomic E-state index is -0.976. The summed E-state index contributed by atoms with van der Waals surface area (Å²) in [5, 5.41) is 0. The van der Waals surface area contributed by atoms with Gasteiger partial charge < -0.3 is 14.2 Å². The third-order valence-electron chi connectivity index (χ3n) is 9.02. The minimum absolute atomic E-state index is 0.214. The van der Waals surface area contributed by atoms with Crippen LogP contribution in [0.4, 0.5) is 0 Å². The first-order valence-electron chi connectivity index (χ1n) is 14.7. The van der Waals surface area contributed by atoms with Gasteiger partial charge in [0.05, 0.1) is 33.2 Å². The van der Waals surface area contributed by atoms with Crippen LogP contribution in [0.25, 0.3) is 0 Å². The molecule has 11 heteroatoms. The molecular formula is C36H25Br2NO8. The van der Waals surface area contributed by atoms with Gasteiger partial charge in [0, 0.05) is 5.56 Å². The monoisotopic (exact) mass is 757 g/mol. The lowest BCUT2D eigenvalue weighted by molar-refractivity contribution is -0.152. The Morgan fingerprint density at radius 2 is 1.23 bits per heavy atom. The van der Waals surface area contributed by atoms with Gasteiger partial charge in [-0.3, -0.25) is 24.1 Å². The first kappa shape index (κ1) is 31.0. The van der Waals surface area contributed by atoms with Crippen molar-refractivity contribution in [1.29, 1.82) is 0 Å². The summed E-state index contributed by atoms with van der Waals surface area (Å²) < 4.78 is 13.8. The minimum Gasteiger partial charge on any atom is -0.497 e. The van der Waals surface area contributed by atoms with E-state index in [9.17, 15) is 24.0 Å². The van der Waals surface area contributed by atoms with Gasteiger partial charge in [0.2, 0.25) is 11.8 Å². The molecule has 8 rings (SSSR count). The molecule has 2 bridgehead atoms. The van der Waals surface area contributed by atoms with Gasteiger partial charge in [-0.15, -0.1) is 0 Å². The van der Waals surface area contributed by atoms with Crippen molar-refractivity contribution in [1.82, 2.24) is 4.90 Å². The fraction of sp³-hybridized carbons (Fsp3) is 0.194. The molecule has 2 amide bonds. The van der Waals surface area contributed by atoms with Crippen molar-refractivity contribution in [2.24, 2.45) is 11.8 Å². The van der Waals surface area contributed by atoms with Gasteiger partial charge in [-0.1, -0.05) is 86.5 Å². The lowest BCUT2D eigenvalue weighted by Gasteiger charge is -2.55. The zero-order valence-electron chi connectivity index (χ0n) is 24.8. The average molecular weight is 759 g/mol. The van der Waals surface area contributed by atoms with Crippen LogP contribution >= 0.6 is 31.9 Å². The summed E-state index contributed by atoms with van der Waals surface area (Å²) in [4.78, 5) is 67.1.